The molecule has 0 saturated heterocycles. The second-order valence-electron chi connectivity index (χ2n) is 8.53. The van der Waals surface area contributed by atoms with E-state index in [1.54, 1.807) is 7.11 Å². The summed E-state index contributed by atoms with van der Waals surface area (Å²) in [7, 11) is 1.70. The van der Waals surface area contributed by atoms with Crippen LogP contribution in [0.1, 0.15) is 34.7 Å². The minimum absolute atomic E-state index is 0.266. The Morgan fingerprint density at radius 3 is 2.58 bits per heavy atom. The van der Waals surface area contributed by atoms with Crippen molar-refractivity contribution in [1.29, 1.82) is 0 Å². The van der Waals surface area contributed by atoms with Crippen molar-refractivity contribution >= 4 is 17.6 Å². The summed E-state index contributed by atoms with van der Waals surface area (Å²) in [6.07, 6.45) is 3.04. The predicted octanol–water partition coefficient (Wildman–Crippen LogP) is 3.45. The van der Waals surface area contributed by atoms with Crippen LogP contribution in [-0.4, -0.2) is 29.7 Å². The van der Waals surface area contributed by atoms with Gasteiger partial charge in [-0.25, -0.2) is 5.43 Å². The smallest absolute Gasteiger partial charge is 0.226 e. The van der Waals surface area contributed by atoms with E-state index in [-0.39, 0.29) is 6.04 Å². The molecule has 0 saturated carbocycles. The monoisotopic (exact) mass is 414 g/mol. The number of nitrogens with zero attached hydrogens (tertiary/aromatic N) is 3. The van der Waals surface area contributed by atoms with Crippen molar-refractivity contribution < 1.29 is 4.74 Å². The molecule has 6 rings (SSSR count). The minimum Gasteiger partial charge on any atom is -0.497 e. The standard InChI is InChI=1S/C24H26N6O/c1-31-19-8-6-15(7-9-19)14-30-11-10-20-21-22(29-28-20)26-24(27-23(21)30)25-18-12-16-4-2-3-5-17(16)13-18/h2-9,18,20,28H,10-14H2,1H3,(H2,25,26,27,29). The third kappa shape index (κ3) is 3.35. The predicted molar refractivity (Wildman–Crippen MR) is 121 cm³/mol. The van der Waals surface area contributed by atoms with Gasteiger partial charge in [-0.05, 0) is 48.1 Å². The Morgan fingerprint density at radius 2 is 1.84 bits per heavy atom. The highest BCUT2D eigenvalue weighted by atomic mass is 16.5. The highest BCUT2D eigenvalue weighted by molar-refractivity contribution is 5.67. The molecule has 2 aromatic carbocycles. The van der Waals surface area contributed by atoms with Crippen molar-refractivity contribution in [2.75, 3.05) is 29.3 Å². The van der Waals surface area contributed by atoms with Crippen molar-refractivity contribution in [1.82, 2.24) is 15.4 Å². The summed E-state index contributed by atoms with van der Waals surface area (Å²) >= 11 is 0. The van der Waals surface area contributed by atoms with E-state index in [0.29, 0.717) is 12.0 Å². The van der Waals surface area contributed by atoms with E-state index >= 15 is 0 Å². The fourth-order valence-corrected chi connectivity index (χ4v) is 4.96. The fraction of sp³-hybridized carbons (Fsp3) is 0.333. The summed E-state index contributed by atoms with van der Waals surface area (Å²) in [5, 5.41) is 3.60. The normalized spacial score (nSPS) is 19.0. The summed E-state index contributed by atoms with van der Waals surface area (Å²) in [5.74, 6) is 3.49. The van der Waals surface area contributed by atoms with Gasteiger partial charge in [0.2, 0.25) is 5.95 Å². The minimum atomic E-state index is 0.266. The average Bonchev–Trinajstić information content (AvgIpc) is 3.40. The van der Waals surface area contributed by atoms with Crippen molar-refractivity contribution in [3.05, 3.63) is 70.8 Å². The van der Waals surface area contributed by atoms with Crippen molar-refractivity contribution in [3.63, 3.8) is 0 Å². The molecule has 1 atom stereocenters. The van der Waals surface area contributed by atoms with Crippen LogP contribution < -0.4 is 25.8 Å². The zero-order chi connectivity index (χ0) is 20.8. The van der Waals surface area contributed by atoms with E-state index in [0.717, 1.165) is 49.7 Å². The number of rotatable bonds is 5. The van der Waals surface area contributed by atoms with Crippen LogP contribution in [0.5, 0.6) is 5.75 Å². The summed E-state index contributed by atoms with van der Waals surface area (Å²) in [6, 6.07) is 17.5. The molecule has 0 amide bonds. The zero-order valence-corrected chi connectivity index (χ0v) is 17.6. The second kappa shape index (κ2) is 7.42. The molecule has 0 fully saturated rings. The highest BCUT2D eigenvalue weighted by Crippen LogP contribution is 2.41. The van der Waals surface area contributed by atoms with Crippen LogP contribution in [-0.2, 0) is 19.4 Å². The lowest BCUT2D eigenvalue weighted by atomic mass is 10.0. The molecular weight excluding hydrogens is 388 g/mol. The maximum Gasteiger partial charge on any atom is 0.226 e. The number of methoxy groups -OCH3 is 1. The Hall–Kier alpha value is -3.32. The van der Waals surface area contributed by atoms with Gasteiger partial charge < -0.3 is 20.4 Å². The number of fused-ring (bicyclic) bond motifs is 1. The van der Waals surface area contributed by atoms with Gasteiger partial charge >= 0.3 is 0 Å². The molecule has 1 aromatic heterocycles. The molecule has 2 aliphatic heterocycles. The topological polar surface area (TPSA) is 74.3 Å². The van der Waals surface area contributed by atoms with Crippen LogP contribution in [0.4, 0.5) is 17.6 Å². The molecule has 3 aliphatic rings. The summed E-state index contributed by atoms with van der Waals surface area (Å²) in [6.45, 7) is 1.76. The molecule has 7 heteroatoms. The molecule has 158 valence electrons. The van der Waals surface area contributed by atoms with E-state index in [4.69, 9.17) is 14.7 Å². The third-order valence-electron chi connectivity index (χ3n) is 6.54. The number of hydrazine groups is 1. The number of anilines is 3. The van der Waals surface area contributed by atoms with Crippen LogP contribution in [0.2, 0.25) is 0 Å². The Labute approximate surface area is 181 Å². The second-order valence-corrected chi connectivity index (χ2v) is 8.53. The van der Waals surface area contributed by atoms with Gasteiger partial charge in [-0.3, -0.25) is 0 Å². The van der Waals surface area contributed by atoms with E-state index < -0.39 is 0 Å². The first-order valence-electron chi connectivity index (χ1n) is 10.9. The zero-order valence-electron chi connectivity index (χ0n) is 17.6. The maximum absolute atomic E-state index is 5.30. The molecule has 1 aliphatic carbocycles. The van der Waals surface area contributed by atoms with Gasteiger partial charge in [0.1, 0.15) is 11.6 Å². The number of nitrogens with one attached hydrogen (secondary N) is 3. The van der Waals surface area contributed by atoms with Crippen LogP contribution in [0.3, 0.4) is 0 Å². The molecule has 3 N–H and O–H groups in total. The van der Waals surface area contributed by atoms with Gasteiger partial charge in [-0.1, -0.05) is 36.4 Å². The maximum atomic E-state index is 5.30. The van der Waals surface area contributed by atoms with Gasteiger partial charge in [-0.15, -0.1) is 0 Å². The number of hydrogen-bond acceptors (Lipinski definition) is 7. The number of hydrogen-bond donors (Lipinski definition) is 3. The molecule has 1 unspecified atom stereocenters. The highest BCUT2D eigenvalue weighted by Gasteiger charge is 2.35. The van der Waals surface area contributed by atoms with Crippen LogP contribution >= 0.6 is 0 Å². The largest absolute Gasteiger partial charge is 0.497 e. The summed E-state index contributed by atoms with van der Waals surface area (Å²) < 4.78 is 5.30. The Balaban J connectivity index is 1.27. The van der Waals surface area contributed by atoms with Gasteiger partial charge in [0.15, 0.2) is 5.82 Å². The van der Waals surface area contributed by atoms with E-state index in [2.05, 4.69) is 57.5 Å². The van der Waals surface area contributed by atoms with Crippen molar-refractivity contribution in [3.8, 4) is 5.75 Å². The molecule has 3 aromatic rings. The lowest BCUT2D eigenvalue weighted by Crippen LogP contribution is -2.34. The molecule has 0 spiro atoms. The summed E-state index contributed by atoms with van der Waals surface area (Å²) in [5.41, 5.74) is 11.9. The van der Waals surface area contributed by atoms with Crippen LogP contribution in [0.15, 0.2) is 48.5 Å². The lowest BCUT2D eigenvalue weighted by molar-refractivity contribution is 0.414. The van der Waals surface area contributed by atoms with E-state index in [1.807, 2.05) is 12.1 Å². The molecule has 0 radical (unpaired) electrons. The van der Waals surface area contributed by atoms with Gasteiger partial charge in [0, 0.05) is 19.1 Å². The Morgan fingerprint density at radius 1 is 1.06 bits per heavy atom. The summed E-state index contributed by atoms with van der Waals surface area (Å²) in [4.78, 5) is 12.2. The van der Waals surface area contributed by atoms with E-state index in [1.165, 1.54) is 22.3 Å². The quantitative estimate of drug-likeness (QED) is 0.590. The van der Waals surface area contributed by atoms with Gasteiger partial charge in [-0.2, -0.15) is 9.97 Å². The number of aromatic nitrogens is 2. The molecular formula is C24H26N6O. The van der Waals surface area contributed by atoms with Crippen molar-refractivity contribution in [2.24, 2.45) is 0 Å². The lowest BCUT2D eigenvalue weighted by Gasteiger charge is -2.32. The number of ether oxygens (including phenoxy) is 1. The molecule has 7 nitrogen and oxygen atoms in total. The van der Waals surface area contributed by atoms with Gasteiger partial charge in [0.05, 0.1) is 18.7 Å². The third-order valence-corrected chi connectivity index (χ3v) is 6.54. The van der Waals surface area contributed by atoms with Crippen LogP contribution in [0, 0.1) is 0 Å². The average molecular weight is 415 g/mol. The number of benzene rings is 2. The van der Waals surface area contributed by atoms with E-state index in [9.17, 15) is 0 Å². The fourth-order valence-electron chi connectivity index (χ4n) is 4.96. The first-order chi connectivity index (χ1) is 15.3. The molecule has 31 heavy (non-hydrogen) atoms. The van der Waals surface area contributed by atoms with Crippen molar-refractivity contribution in [2.45, 2.75) is 37.9 Å². The molecule has 3 heterocycles. The molecule has 0 bridgehead atoms. The van der Waals surface area contributed by atoms with Crippen LogP contribution in [0.25, 0.3) is 0 Å². The Bertz CT molecular complexity index is 1090. The first kappa shape index (κ1) is 18.4. The Kier molecular flexibility index (Phi) is 4.42. The van der Waals surface area contributed by atoms with Gasteiger partial charge in [0.25, 0.3) is 0 Å². The first-order valence-corrected chi connectivity index (χ1v) is 10.9. The SMILES string of the molecule is COc1ccc(CN2CCC3NNc4nc(NC5Cc6ccccc6C5)nc2c43)cc1.